The third-order valence-corrected chi connectivity index (χ3v) is 2.67. The van der Waals surface area contributed by atoms with E-state index >= 15 is 0 Å². The number of aromatic nitrogens is 2. The largest absolute Gasteiger partial charge is 0.497 e. The number of aryl methyl sites for hydroxylation is 1. The van der Waals surface area contributed by atoms with E-state index in [2.05, 4.69) is 10.2 Å². The molecular formula is C13H14N2O3. The molecular weight excluding hydrogens is 232 g/mol. The van der Waals surface area contributed by atoms with Gasteiger partial charge in [-0.2, -0.15) is 5.10 Å². The van der Waals surface area contributed by atoms with Gasteiger partial charge in [-0.15, -0.1) is 0 Å². The summed E-state index contributed by atoms with van der Waals surface area (Å²) in [4.78, 5) is 11.3. The molecule has 0 aliphatic rings. The number of benzene rings is 1. The third kappa shape index (κ3) is 2.20. The van der Waals surface area contributed by atoms with Crippen LogP contribution >= 0.6 is 0 Å². The summed E-state index contributed by atoms with van der Waals surface area (Å²) in [7, 11) is 3.18. The van der Waals surface area contributed by atoms with Crippen LogP contribution in [0.4, 0.5) is 0 Å². The molecule has 0 spiro atoms. The van der Waals surface area contributed by atoms with Gasteiger partial charge >= 0.3 is 0 Å². The Balaban J connectivity index is 2.60. The second-order valence-corrected chi connectivity index (χ2v) is 3.83. The topological polar surface area (TPSA) is 64.2 Å². The molecule has 0 aliphatic carbocycles. The molecule has 2 aromatic rings. The lowest BCUT2D eigenvalue weighted by atomic mass is 10.1. The first-order valence-corrected chi connectivity index (χ1v) is 5.44. The van der Waals surface area contributed by atoms with Gasteiger partial charge in [0, 0.05) is 11.1 Å². The van der Waals surface area contributed by atoms with E-state index in [0.29, 0.717) is 22.8 Å². The molecule has 1 aromatic heterocycles. The minimum absolute atomic E-state index is 0.194. The van der Waals surface area contributed by atoms with Crippen molar-refractivity contribution in [3.63, 3.8) is 0 Å². The van der Waals surface area contributed by atoms with Crippen LogP contribution in [0.1, 0.15) is 5.56 Å². The average molecular weight is 246 g/mol. The standard InChI is InChI=1S/C13H14N2O3/c1-8-6-11(14-15-13(8)16)10-7-9(17-2)4-5-12(10)18-3/h4-7H,1-3H3,(H,15,16). The molecule has 1 heterocycles. The Bertz CT molecular complexity index is 620. The number of methoxy groups -OCH3 is 2. The van der Waals surface area contributed by atoms with Gasteiger partial charge in [-0.1, -0.05) is 0 Å². The first kappa shape index (κ1) is 12.2. The van der Waals surface area contributed by atoms with Crippen LogP contribution in [0.2, 0.25) is 0 Å². The molecule has 0 saturated carbocycles. The van der Waals surface area contributed by atoms with Crippen molar-refractivity contribution in [3.05, 3.63) is 40.2 Å². The Kier molecular flexibility index (Phi) is 3.32. The summed E-state index contributed by atoms with van der Waals surface area (Å²) in [6.07, 6.45) is 0. The van der Waals surface area contributed by atoms with E-state index in [-0.39, 0.29) is 5.56 Å². The number of nitrogens with zero attached hydrogens (tertiary/aromatic N) is 1. The summed E-state index contributed by atoms with van der Waals surface area (Å²) >= 11 is 0. The first-order valence-electron chi connectivity index (χ1n) is 5.44. The molecule has 0 atom stereocenters. The Morgan fingerprint density at radius 1 is 1.17 bits per heavy atom. The number of hydrogen-bond acceptors (Lipinski definition) is 4. The van der Waals surface area contributed by atoms with Gasteiger partial charge in [-0.05, 0) is 31.2 Å². The summed E-state index contributed by atoms with van der Waals surface area (Å²) in [5.41, 5.74) is 1.82. The van der Waals surface area contributed by atoms with Crippen molar-refractivity contribution >= 4 is 0 Å². The maximum atomic E-state index is 11.3. The van der Waals surface area contributed by atoms with Gasteiger partial charge in [-0.3, -0.25) is 4.79 Å². The second kappa shape index (κ2) is 4.91. The predicted molar refractivity (Wildman–Crippen MR) is 68.1 cm³/mol. The van der Waals surface area contributed by atoms with Gasteiger partial charge in [0.1, 0.15) is 11.5 Å². The maximum Gasteiger partial charge on any atom is 0.267 e. The Labute approximate surface area is 104 Å². The number of hydrogen-bond donors (Lipinski definition) is 1. The fraction of sp³-hybridized carbons (Fsp3) is 0.231. The van der Waals surface area contributed by atoms with Gasteiger partial charge in [0.05, 0.1) is 19.9 Å². The molecule has 0 radical (unpaired) electrons. The van der Waals surface area contributed by atoms with Gasteiger partial charge in [-0.25, -0.2) is 5.10 Å². The molecule has 1 aromatic carbocycles. The molecule has 0 fully saturated rings. The minimum atomic E-state index is -0.194. The van der Waals surface area contributed by atoms with Crippen molar-refractivity contribution in [2.24, 2.45) is 0 Å². The Hall–Kier alpha value is -2.30. The third-order valence-electron chi connectivity index (χ3n) is 2.67. The molecule has 0 unspecified atom stereocenters. The van der Waals surface area contributed by atoms with Crippen LogP contribution in [0.5, 0.6) is 11.5 Å². The summed E-state index contributed by atoms with van der Waals surface area (Å²) in [5, 5.41) is 6.47. The van der Waals surface area contributed by atoms with E-state index in [0.717, 1.165) is 5.56 Å². The number of nitrogens with one attached hydrogen (secondary N) is 1. The molecule has 5 nitrogen and oxygen atoms in total. The van der Waals surface area contributed by atoms with Crippen LogP contribution in [0.3, 0.4) is 0 Å². The highest BCUT2D eigenvalue weighted by molar-refractivity contribution is 5.69. The number of aromatic amines is 1. The van der Waals surface area contributed by atoms with Crippen LogP contribution in [0, 0.1) is 6.92 Å². The fourth-order valence-electron chi connectivity index (χ4n) is 1.65. The molecule has 0 aliphatic heterocycles. The molecule has 2 rings (SSSR count). The maximum absolute atomic E-state index is 11.3. The highest BCUT2D eigenvalue weighted by atomic mass is 16.5. The van der Waals surface area contributed by atoms with Crippen molar-refractivity contribution in [3.8, 4) is 22.8 Å². The molecule has 5 heteroatoms. The minimum Gasteiger partial charge on any atom is -0.497 e. The normalized spacial score (nSPS) is 10.2. The number of H-pyrrole nitrogens is 1. The van der Waals surface area contributed by atoms with Crippen molar-refractivity contribution in [2.45, 2.75) is 6.92 Å². The summed E-state index contributed by atoms with van der Waals surface area (Å²) in [6, 6.07) is 7.15. The van der Waals surface area contributed by atoms with Crippen molar-refractivity contribution in [1.29, 1.82) is 0 Å². The molecule has 1 N–H and O–H groups in total. The lowest BCUT2D eigenvalue weighted by Gasteiger charge is -2.09. The van der Waals surface area contributed by atoms with Crippen LogP contribution in [-0.2, 0) is 0 Å². The van der Waals surface area contributed by atoms with E-state index < -0.39 is 0 Å². The average Bonchev–Trinajstić information content (AvgIpc) is 2.41. The van der Waals surface area contributed by atoms with Crippen molar-refractivity contribution in [2.75, 3.05) is 14.2 Å². The number of rotatable bonds is 3. The molecule has 0 amide bonds. The van der Waals surface area contributed by atoms with E-state index in [1.165, 1.54) is 0 Å². The smallest absolute Gasteiger partial charge is 0.267 e. The van der Waals surface area contributed by atoms with E-state index in [9.17, 15) is 4.79 Å². The Morgan fingerprint density at radius 2 is 1.94 bits per heavy atom. The van der Waals surface area contributed by atoms with E-state index in [1.54, 1.807) is 39.3 Å². The van der Waals surface area contributed by atoms with Crippen LogP contribution in [0.15, 0.2) is 29.1 Å². The molecule has 0 saturated heterocycles. The zero-order valence-corrected chi connectivity index (χ0v) is 10.5. The van der Waals surface area contributed by atoms with E-state index in [1.807, 2.05) is 6.07 Å². The van der Waals surface area contributed by atoms with Gasteiger partial charge in [0.2, 0.25) is 0 Å². The summed E-state index contributed by atoms with van der Waals surface area (Å²) in [6.45, 7) is 1.73. The monoisotopic (exact) mass is 246 g/mol. The van der Waals surface area contributed by atoms with Crippen LogP contribution in [0.25, 0.3) is 11.3 Å². The van der Waals surface area contributed by atoms with Crippen LogP contribution < -0.4 is 15.0 Å². The highest BCUT2D eigenvalue weighted by Gasteiger charge is 2.10. The summed E-state index contributed by atoms with van der Waals surface area (Å²) < 4.78 is 10.5. The Morgan fingerprint density at radius 3 is 2.56 bits per heavy atom. The highest BCUT2D eigenvalue weighted by Crippen LogP contribution is 2.31. The zero-order valence-electron chi connectivity index (χ0n) is 10.5. The zero-order chi connectivity index (χ0) is 13.1. The lowest BCUT2D eigenvalue weighted by molar-refractivity contribution is 0.404. The second-order valence-electron chi connectivity index (χ2n) is 3.83. The van der Waals surface area contributed by atoms with E-state index in [4.69, 9.17) is 9.47 Å². The van der Waals surface area contributed by atoms with Gasteiger partial charge in [0.15, 0.2) is 0 Å². The van der Waals surface area contributed by atoms with Crippen molar-refractivity contribution < 1.29 is 9.47 Å². The summed E-state index contributed by atoms with van der Waals surface area (Å²) in [5.74, 6) is 1.38. The molecule has 18 heavy (non-hydrogen) atoms. The quantitative estimate of drug-likeness (QED) is 0.896. The van der Waals surface area contributed by atoms with Crippen molar-refractivity contribution in [1.82, 2.24) is 10.2 Å². The lowest BCUT2D eigenvalue weighted by Crippen LogP contribution is -2.11. The molecule has 94 valence electrons. The van der Waals surface area contributed by atoms with Gasteiger partial charge < -0.3 is 9.47 Å². The van der Waals surface area contributed by atoms with Gasteiger partial charge in [0.25, 0.3) is 5.56 Å². The fourth-order valence-corrected chi connectivity index (χ4v) is 1.65. The molecule has 0 bridgehead atoms. The predicted octanol–water partition coefficient (Wildman–Crippen LogP) is 1.76. The SMILES string of the molecule is COc1ccc(OC)c(-c2cc(C)c(=O)[nH]n2)c1. The van der Waals surface area contributed by atoms with Crippen LogP contribution in [-0.4, -0.2) is 24.4 Å². The first-order chi connectivity index (χ1) is 8.65. The number of ether oxygens (including phenoxy) is 2.